The zero-order chi connectivity index (χ0) is 22.7. The van der Waals surface area contributed by atoms with Crippen LogP contribution in [0.1, 0.15) is 29.2 Å². The second kappa shape index (κ2) is 8.89. The fourth-order valence-corrected chi connectivity index (χ4v) is 4.61. The fraction of sp³-hybridized carbons (Fsp3) is 0.100. The highest BCUT2D eigenvalue weighted by atomic mass is 16.5. The first-order chi connectivity index (χ1) is 16.2. The van der Waals surface area contributed by atoms with Crippen LogP contribution in [0.25, 0.3) is 6.08 Å². The summed E-state index contributed by atoms with van der Waals surface area (Å²) < 4.78 is 6.99. The maximum atomic E-state index is 12.9. The molecule has 4 aromatic carbocycles. The molecule has 1 amide bonds. The Morgan fingerprint density at radius 2 is 1.27 bits per heavy atom. The van der Waals surface area contributed by atoms with E-state index in [-0.39, 0.29) is 5.91 Å². The van der Waals surface area contributed by atoms with Crippen molar-refractivity contribution < 1.29 is 9.53 Å². The zero-order valence-corrected chi connectivity index (χ0v) is 18.5. The molecular formula is C30H25NO2. The number of rotatable bonds is 4. The molecule has 0 spiro atoms. The lowest BCUT2D eigenvalue weighted by Gasteiger charge is -2.47. The first-order valence-corrected chi connectivity index (χ1v) is 11.1. The SMILES string of the molecule is CC(=O)N1c2ccccc2C(c2ccccc2)(c2ccccc2)O[C@@H]1/C=C\c1ccccc1. The summed E-state index contributed by atoms with van der Waals surface area (Å²) in [5.41, 5.74) is 4.02. The van der Waals surface area contributed by atoms with Gasteiger partial charge in [0.1, 0.15) is 5.60 Å². The molecule has 162 valence electrons. The van der Waals surface area contributed by atoms with E-state index >= 15 is 0 Å². The molecular weight excluding hydrogens is 406 g/mol. The standard InChI is InChI=1S/C30H25NO2/c1-23(32)31-28-20-12-11-19-27(28)30(25-15-7-3-8-16-25,26-17-9-4-10-18-26)33-29(31)22-21-24-13-5-2-6-14-24/h2-22,29H,1H3/b22-21-/t29-/m1/s1. The number of nitrogens with zero attached hydrogens (tertiary/aromatic N) is 1. The van der Waals surface area contributed by atoms with Crippen LogP contribution in [0, 0.1) is 0 Å². The summed E-state index contributed by atoms with van der Waals surface area (Å²) in [6.07, 6.45) is 3.39. The molecule has 0 bridgehead atoms. The number of carbonyl (C=O) groups excluding carboxylic acids is 1. The third-order valence-corrected chi connectivity index (χ3v) is 6.05. The Morgan fingerprint density at radius 3 is 1.85 bits per heavy atom. The number of fused-ring (bicyclic) bond motifs is 1. The van der Waals surface area contributed by atoms with Gasteiger partial charge in [-0.2, -0.15) is 0 Å². The van der Waals surface area contributed by atoms with Crippen LogP contribution in [0.15, 0.2) is 121 Å². The van der Waals surface area contributed by atoms with Gasteiger partial charge in [0.25, 0.3) is 0 Å². The Morgan fingerprint density at radius 1 is 0.758 bits per heavy atom. The van der Waals surface area contributed by atoms with Crippen molar-refractivity contribution in [1.82, 2.24) is 0 Å². The van der Waals surface area contributed by atoms with Crippen LogP contribution in [-0.2, 0) is 15.1 Å². The van der Waals surface area contributed by atoms with Crippen molar-refractivity contribution in [2.45, 2.75) is 18.8 Å². The Kier molecular flexibility index (Phi) is 5.64. The van der Waals surface area contributed by atoms with Crippen molar-refractivity contribution in [3.8, 4) is 0 Å². The van der Waals surface area contributed by atoms with E-state index in [1.54, 1.807) is 11.8 Å². The molecule has 0 N–H and O–H groups in total. The monoisotopic (exact) mass is 431 g/mol. The van der Waals surface area contributed by atoms with Gasteiger partial charge in [-0.1, -0.05) is 115 Å². The highest BCUT2D eigenvalue weighted by molar-refractivity contribution is 5.94. The highest BCUT2D eigenvalue weighted by Gasteiger charge is 2.47. The Hall–Kier alpha value is -3.95. The predicted molar refractivity (Wildman–Crippen MR) is 133 cm³/mol. The van der Waals surface area contributed by atoms with Crippen LogP contribution in [0.2, 0.25) is 0 Å². The van der Waals surface area contributed by atoms with Crippen LogP contribution in [0.3, 0.4) is 0 Å². The fourth-order valence-electron chi connectivity index (χ4n) is 4.61. The minimum atomic E-state index is -0.864. The van der Waals surface area contributed by atoms with Crippen molar-refractivity contribution in [3.63, 3.8) is 0 Å². The number of anilines is 1. The van der Waals surface area contributed by atoms with Crippen LogP contribution < -0.4 is 4.90 Å². The average molecular weight is 432 g/mol. The lowest BCUT2D eigenvalue weighted by Crippen LogP contribution is -2.51. The molecule has 0 unspecified atom stereocenters. The molecule has 1 atom stereocenters. The van der Waals surface area contributed by atoms with Gasteiger partial charge in [0.2, 0.25) is 5.91 Å². The summed E-state index contributed by atoms with van der Waals surface area (Å²) in [6.45, 7) is 1.58. The van der Waals surface area contributed by atoms with Crippen molar-refractivity contribution >= 4 is 17.7 Å². The largest absolute Gasteiger partial charge is 0.334 e. The molecule has 4 aromatic rings. The van der Waals surface area contributed by atoms with Crippen molar-refractivity contribution in [3.05, 3.63) is 144 Å². The molecule has 0 aromatic heterocycles. The summed E-state index contributed by atoms with van der Waals surface area (Å²) in [5.74, 6) is -0.0696. The van der Waals surface area contributed by atoms with Gasteiger partial charge in [-0.15, -0.1) is 0 Å². The van der Waals surface area contributed by atoms with E-state index in [9.17, 15) is 4.79 Å². The zero-order valence-electron chi connectivity index (χ0n) is 18.5. The first-order valence-electron chi connectivity index (χ1n) is 11.1. The van der Waals surface area contributed by atoms with Crippen LogP contribution >= 0.6 is 0 Å². The molecule has 0 aliphatic carbocycles. The topological polar surface area (TPSA) is 29.5 Å². The molecule has 0 fully saturated rings. The van der Waals surface area contributed by atoms with E-state index < -0.39 is 11.8 Å². The maximum absolute atomic E-state index is 12.9. The van der Waals surface area contributed by atoms with Crippen molar-refractivity contribution in [2.75, 3.05) is 4.90 Å². The number of benzene rings is 4. The minimum Gasteiger partial charge on any atom is -0.334 e. The minimum absolute atomic E-state index is 0.0696. The molecule has 0 saturated heterocycles. The van der Waals surface area contributed by atoms with Gasteiger partial charge in [0, 0.05) is 12.5 Å². The smallest absolute Gasteiger partial charge is 0.226 e. The molecule has 1 aliphatic rings. The number of hydrogen-bond acceptors (Lipinski definition) is 2. The summed E-state index contributed by atoms with van der Waals surface area (Å²) >= 11 is 0. The van der Waals surface area contributed by atoms with Gasteiger partial charge >= 0.3 is 0 Å². The van der Waals surface area contributed by atoms with Gasteiger partial charge in [0.05, 0.1) is 5.69 Å². The van der Waals surface area contributed by atoms with E-state index in [2.05, 4.69) is 30.3 Å². The maximum Gasteiger partial charge on any atom is 0.226 e. The lowest BCUT2D eigenvalue weighted by molar-refractivity contribution is -0.121. The molecule has 0 saturated carbocycles. The van der Waals surface area contributed by atoms with E-state index in [0.29, 0.717) is 0 Å². The number of carbonyl (C=O) groups is 1. The third kappa shape index (κ3) is 3.77. The van der Waals surface area contributed by atoms with Crippen molar-refractivity contribution in [2.24, 2.45) is 0 Å². The number of hydrogen-bond donors (Lipinski definition) is 0. The van der Waals surface area contributed by atoms with E-state index in [1.165, 1.54) is 0 Å². The number of ether oxygens (including phenoxy) is 1. The lowest BCUT2D eigenvalue weighted by atomic mass is 9.78. The highest BCUT2D eigenvalue weighted by Crippen LogP contribution is 2.49. The summed E-state index contributed by atoms with van der Waals surface area (Å²) in [4.78, 5) is 14.6. The van der Waals surface area contributed by atoms with E-state index in [1.807, 2.05) is 97.1 Å². The number of amides is 1. The second-order valence-corrected chi connectivity index (χ2v) is 8.10. The van der Waals surface area contributed by atoms with Gasteiger partial charge in [0.15, 0.2) is 6.23 Å². The molecule has 1 heterocycles. The molecule has 0 radical (unpaired) electrons. The summed E-state index contributed by atoms with van der Waals surface area (Å²) in [6, 6.07) is 38.6. The van der Waals surface area contributed by atoms with Gasteiger partial charge in [-0.05, 0) is 28.8 Å². The summed E-state index contributed by atoms with van der Waals surface area (Å²) in [5, 5.41) is 0. The molecule has 33 heavy (non-hydrogen) atoms. The first kappa shape index (κ1) is 20.9. The molecule has 1 aliphatic heterocycles. The van der Waals surface area contributed by atoms with Gasteiger partial charge < -0.3 is 4.74 Å². The summed E-state index contributed by atoms with van der Waals surface area (Å²) in [7, 11) is 0. The number of para-hydroxylation sites is 1. The molecule has 3 heteroatoms. The van der Waals surface area contributed by atoms with Crippen molar-refractivity contribution in [1.29, 1.82) is 0 Å². The Balaban J connectivity index is 1.76. The Labute approximate surface area is 194 Å². The van der Waals surface area contributed by atoms with Gasteiger partial charge in [-0.25, -0.2) is 0 Å². The quantitative estimate of drug-likeness (QED) is 0.374. The molecule has 5 rings (SSSR count). The molecule has 3 nitrogen and oxygen atoms in total. The van der Waals surface area contributed by atoms with E-state index in [0.717, 1.165) is 27.9 Å². The Bertz CT molecular complexity index is 1230. The van der Waals surface area contributed by atoms with Crippen LogP contribution in [0.5, 0.6) is 0 Å². The van der Waals surface area contributed by atoms with E-state index in [4.69, 9.17) is 4.74 Å². The second-order valence-electron chi connectivity index (χ2n) is 8.10. The third-order valence-electron chi connectivity index (χ3n) is 6.05. The average Bonchev–Trinajstić information content (AvgIpc) is 2.88. The normalized spacial score (nSPS) is 17.0. The predicted octanol–water partition coefficient (Wildman–Crippen LogP) is 6.40. The van der Waals surface area contributed by atoms with Gasteiger partial charge in [-0.3, -0.25) is 9.69 Å². The van der Waals surface area contributed by atoms with Crippen LogP contribution in [-0.4, -0.2) is 12.1 Å². The van der Waals surface area contributed by atoms with Crippen LogP contribution in [0.4, 0.5) is 5.69 Å².